The van der Waals surface area contributed by atoms with Crippen LogP contribution in [-0.2, 0) is 4.74 Å². The molecule has 3 heteroatoms. The Labute approximate surface area is 86.8 Å². The molecule has 1 N–H and O–H groups in total. The van der Waals surface area contributed by atoms with Crippen LogP contribution in [0.15, 0.2) is 0 Å². The lowest BCUT2D eigenvalue weighted by Gasteiger charge is -2.19. The van der Waals surface area contributed by atoms with E-state index in [9.17, 15) is 0 Å². The zero-order chi connectivity index (χ0) is 10.2. The Morgan fingerprint density at radius 1 is 1.50 bits per heavy atom. The molecule has 0 aromatic carbocycles. The minimum absolute atomic E-state index is 0.0369. The summed E-state index contributed by atoms with van der Waals surface area (Å²) in [4.78, 5) is 2.41. The average molecular weight is 198 g/mol. The minimum atomic E-state index is 0.0369. The van der Waals surface area contributed by atoms with Gasteiger partial charge >= 0.3 is 0 Å². The molecule has 0 saturated carbocycles. The van der Waals surface area contributed by atoms with Crippen molar-refractivity contribution in [2.24, 2.45) is 5.92 Å². The standard InChI is InChI=1S/C11H22N2O/c1-11(2)8-12-10(14-11)6-9-4-5-13(3)7-9/h9-10,12H,4-8H2,1-3H3. The van der Waals surface area contributed by atoms with Gasteiger partial charge in [-0.2, -0.15) is 0 Å². The van der Waals surface area contributed by atoms with Crippen LogP contribution < -0.4 is 5.32 Å². The van der Waals surface area contributed by atoms with Gasteiger partial charge in [0.15, 0.2) is 0 Å². The molecule has 0 aromatic rings. The Kier molecular flexibility index (Phi) is 2.82. The van der Waals surface area contributed by atoms with E-state index in [-0.39, 0.29) is 5.60 Å². The number of likely N-dealkylation sites (tertiary alicyclic amines) is 1. The molecule has 0 spiro atoms. The van der Waals surface area contributed by atoms with Crippen molar-refractivity contribution in [2.75, 3.05) is 26.7 Å². The van der Waals surface area contributed by atoms with Crippen LogP contribution in [-0.4, -0.2) is 43.4 Å². The first-order chi connectivity index (χ1) is 6.55. The predicted octanol–water partition coefficient (Wildman–Crippen LogP) is 1.05. The lowest BCUT2D eigenvalue weighted by molar-refractivity contribution is -0.0239. The van der Waals surface area contributed by atoms with Gasteiger partial charge in [-0.25, -0.2) is 0 Å². The van der Waals surface area contributed by atoms with Gasteiger partial charge in [-0.1, -0.05) is 0 Å². The van der Waals surface area contributed by atoms with Crippen molar-refractivity contribution >= 4 is 0 Å². The summed E-state index contributed by atoms with van der Waals surface area (Å²) < 4.78 is 5.92. The molecular weight excluding hydrogens is 176 g/mol. The summed E-state index contributed by atoms with van der Waals surface area (Å²) in [5.41, 5.74) is 0.0369. The largest absolute Gasteiger partial charge is 0.356 e. The van der Waals surface area contributed by atoms with Crippen LogP contribution in [0.3, 0.4) is 0 Å². The number of hydrogen-bond donors (Lipinski definition) is 1. The summed E-state index contributed by atoms with van der Waals surface area (Å²) in [6.45, 7) is 7.78. The van der Waals surface area contributed by atoms with Crippen molar-refractivity contribution in [3.05, 3.63) is 0 Å². The first-order valence-electron chi connectivity index (χ1n) is 5.65. The highest BCUT2D eigenvalue weighted by Crippen LogP contribution is 2.25. The molecule has 0 aliphatic carbocycles. The molecule has 0 radical (unpaired) electrons. The smallest absolute Gasteiger partial charge is 0.109 e. The second kappa shape index (κ2) is 3.80. The van der Waals surface area contributed by atoms with Gasteiger partial charge in [-0.05, 0) is 46.2 Å². The Bertz CT molecular complexity index is 205. The quantitative estimate of drug-likeness (QED) is 0.718. The molecule has 2 fully saturated rings. The third-order valence-electron chi connectivity index (χ3n) is 3.25. The molecule has 2 saturated heterocycles. The van der Waals surface area contributed by atoms with Crippen LogP contribution in [0.25, 0.3) is 0 Å². The van der Waals surface area contributed by atoms with Gasteiger partial charge in [0.2, 0.25) is 0 Å². The minimum Gasteiger partial charge on any atom is -0.356 e. The third-order valence-corrected chi connectivity index (χ3v) is 3.25. The Hall–Kier alpha value is -0.120. The molecule has 14 heavy (non-hydrogen) atoms. The molecule has 82 valence electrons. The fourth-order valence-electron chi connectivity index (χ4n) is 2.48. The number of rotatable bonds is 2. The fourth-order valence-corrected chi connectivity index (χ4v) is 2.48. The van der Waals surface area contributed by atoms with Crippen molar-refractivity contribution in [3.63, 3.8) is 0 Å². The second-order valence-corrected chi connectivity index (χ2v) is 5.40. The summed E-state index contributed by atoms with van der Waals surface area (Å²) in [6, 6.07) is 0. The summed E-state index contributed by atoms with van der Waals surface area (Å²) in [6.07, 6.45) is 2.80. The van der Waals surface area contributed by atoms with Gasteiger partial charge in [-0.15, -0.1) is 0 Å². The van der Waals surface area contributed by atoms with Gasteiger partial charge in [0.25, 0.3) is 0 Å². The van der Waals surface area contributed by atoms with Crippen molar-refractivity contribution in [3.8, 4) is 0 Å². The molecule has 2 rings (SSSR count). The summed E-state index contributed by atoms with van der Waals surface area (Å²) in [5.74, 6) is 0.825. The Balaban J connectivity index is 1.76. The summed E-state index contributed by atoms with van der Waals surface area (Å²) >= 11 is 0. The highest BCUT2D eigenvalue weighted by atomic mass is 16.5. The monoisotopic (exact) mass is 198 g/mol. The van der Waals surface area contributed by atoms with Crippen molar-refractivity contribution in [2.45, 2.75) is 38.5 Å². The summed E-state index contributed by atoms with van der Waals surface area (Å²) in [7, 11) is 2.20. The molecule has 2 aliphatic heterocycles. The maximum absolute atomic E-state index is 5.92. The molecule has 0 bridgehead atoms. The number of nitrogens with one attached hydrogen (secondary N) is 1. The third kappa shape index (κ3) is 2.47. The molecule has 0 amide bonds. The Morgan fingerprint density at radius 2 is 2.29 bits per heavy atom. The van der Waals surface area contributed by atoms with Crippen LogP contribution >= 0.6 is 0 Å². The molecule has 2 atom stereocenters. The van der Waals surface area contributed by atoms with Gasteiger partial charge < -0.3 is 9.64 Å². The molecule has 0 aromatic heterocycles. The van der Waals surface area contributed by atoms with Gasteiger partial charge in [-0.3, -0.25) is 5.32 Å². The highest BCUT2D eigenvalue weighted by molar-refractivity contribution is 4.84. The average Bonchev–Trinajstić information content (AvgIpc) is 2.59. The Morgan fingerprint density at radius 3 is 2.79 bits per heavy atom. The predicted molar refractivity (Wildman–Crippen MR) is 57.2 cm³/mol. The first kappa shape index (κ1) is 10.4. The van der Waals surface area contributed by atoms with E-state index in [0.717, 1.165) is 12.5 Å². The number of hydrogen-bond acceptors (Lipinski definition) is 3. The summed E-state index contributed by atoms with van der Waals surface area (Å²) in [5, 5.41) is 3.45. The molecule has 3 nitrogen and oxygen atoms in total. The van der Waals surface area contributed by atoms with E-state index in [0.29, 0.717) is 6.23 Å². The number of nitrogens with zero attached hydrogens (tertiary/aromatic N) is 1. The zero-order valence-electron chi connectivity index (χ0n) is 9.55. The van der Waals surface area contributed by atoms with Crippen LogP contribution in [0.1, 0.15) is 26.7 Å². The van der Waals surface area contributed by atoms with E-state index in [1.807, 2.05) is 0 Å². The lowest BCUT2D eigenvalue weighted by atomic mass is 10.0. The van der Waals surface area contributed by atoms with Crippen LogP contribution in [0, 0.1) is 5.92 Å². The fraction of sp³-hybridized carbons (Fsp3) is 1.00. The van der Waals surface area contributed by atoms with E-state index < -0.39 is 0 Å². The van der Waals surface area contributed by atoms with Crippen molar-refractivity contribution in [1.29, 1.82) is 0 Å². The SMILES string of the molecule is CN1CCC(CC2NCC(C)(C)O2)C1. The van der Waals surface area contributed by atoms with Crippen LogP contribution in [0.5, 0.6) is 0 Å². The van der Waals surface area contributed by atoms with Gasteiger partial charge in [0.05, 0.1) is 5.60 Å². The van der Waals surface area contributed by atoms with Gasteiger partial charge in [0.1, 0.15) is 6.23 Å². The number of ether oxygens (including phenoxy) is 1. The zero-order valence-corrected chi connectivity index (χ0v) is 9.55. The molecule has 2 aliphatic rings. The normalized spacial score (nSPS) is 37.9. The lowest BCUT2D eigenvalue weighted by Crippen LogP contribution is -2.26. The van der Waals surface area contributed by atoms with E-state index in [1.54, 1.807) is 0 Å². The maximum Gasteiger partial charge on any atom is 0.109 e. The highest BCUT2D eigenvalue weighted by Gasteiger charge is 2.33. The first-order valence-corrected chi connectivity index (χ1v) is 5.65. The van der Waals surface area contributed by atoms with Gasteiger partial charge in [0, 0.05) is 13.1 Å². The van der Waals surface area contributed by atoms with E-state index >= 15 is 0 Å². The molecule has 2 heterocycles. The van der Waals surface area contributed by atoms with Crippen molar-refractivity contribution in [1.82, 2.24) is 10.2 Å². The van der Waals surface area contributed by atoms with Crippen LogP contribution in [0.2, 0.25) is 0 Å². The topological polar surface area (TPSA) is 24.5 Å². The second-order valence-electron chi connectivity index (χ2n) is 5.40. The van der Waals surface area contributed by atoms with E-state index in [1.165, 1.54) is 25.9 Å². The van der Waals surface area contributed by atoms with E-state index in [4.69, 9.17) is 4.74 Å². The van der Waals surface area contributed by atoms with E-state index in [2.05, 4.69) is 31.1 Å². The molecule has 2 unspecified atom stereocenters. The van der Waals surface area contributed by atoms with Crippen molar-refractivity contribution < 1.29 is 4.74 Å². The maximum atomic E-state index is 5.92. The molecular formula is C11H22N2O. The van der Waals surface area contributed by atoms with Crippen LogP contribution in [0.4, 0.5) is 0 Å².